The van der Waals surface area contributed by atoms with Crippen LogP contribution < -0.4 is 5.32 Å². The third kappa shape index (κ3) is 3.11. The Balaban J connectivity index is 1.74. The van der Waals surface area contributed by atoms with E-state index in [9.17, 15) is 0 Å². The van der Waals surface area contributed by atoms with Gasteiger partial charge in [0, 0.05) is 25.3 Å². The number of aryl methyl sites for hydroxylation is 6. The number of hydrogen-bond donors (Lipinski definition) is 1. The second-order valence-corrected chi connectivity index (χ2v) is 6.15. The molecule has 7 heteroatoms. The fourth-order valence-corrected chi connectivity index (χ4v) is 3.03. The first-order valence-corrected chi connectivity index (χ1v) is 8.46. The molecule has 0 fully saturated rings. The predicted octanol–water partition coefficient (Wildman–Crippen LogP) is 2.78. The number of aromatic nitrogens is 6. The van der Waals surface area contributed by atoms with Crippen LogP contribution in [-0.4, -0.2) is 36.1 Å². The average molecular weight is 327 g/mol. The first-order chi connectivity index (χ1) is 11.5. The van der Waals surface area contributed by atoms with Crippen molar-refractivity contribution >= 4 is 16.9 Å². The summed E-state index contributed by atoms with van der Waals surface area (Å²) in [6, 6.07) is 2.10. The Morgan fingerprint density at radius 2 is 1.83 bits per heavy atom. The van der Waals surface area contributed by atoms with Gasteiger partial charge in [-0.05, 0) is 47.1 Å². The summed E-state index contributed by atoms with van der Waals surface area (Å²) in [4.78, 5) is 9.13. The smallest absolute Gasteiger partial charge is 0.156 e. The lowest BCUT2D eigenvalue weighted by Crippen LogP contribution is -2.11. The van der Waals surface area contributed by atoms with Crippen molar-refractivity contribution < 1.29 is 0 Å². The molecular formula is C17H25N7. The molecule has 0 aliphatic carbocycles. The summed E-state index contributed by atoms with van der Waals surface area (Å²) in [5.74, 6) is 1.63. The first-order valence-electron chi connectivity index (χ1n) is 8.46. The van der Waals surface area contributed by atoms with E-state index in [-0.39, 0.29) is 0 Å². The minimum atomic E-state index is 0.766. The van der Waals surface area contributed by atoms with Crippen LogP contribution in [0.1, 0.15) is 36.3 Å². The van der Waals surface area contributed by atoms with Crippen LogP contribution in [0, 0.1) is 27.7 Å². The van der Waals surface area contributed by atoms with Crippen molar-refractivity contribution in [3.63, 3.8) is 0 Å². The lowest BCUT2D eigenvalue weighted by molar-refractivity contribution is 0.573. The Kier molecular flexibility index (Phi) is 4.51. The molecule has 0 saturated carbocycles. The molecule has 0 amide bonds. The quantitative estimate of drug-likeness (QED) is 0.705. The zero-order valence-electron chi connectivity index (χ0n) is 15.1. The monoisotopic (exact) mass is 327 g/mol. The number of rotatable bonds is 6. The average Bonchev–Trinajstić information content (AvgIpc) is 3.03. The molecule has 0 atom stereocenters. The van der Waals surface area contributed by atoms with Gasteiger partial charge >= 0.3 is 0 Å². The summed E-state index contributed by atoms with van der Waals surface area (Å²) in [6.45, 7) is 12.6. The largest absolute Gasteiger partial charge is 0.368 e. The van der Waals surface area contributed by atoms with E-state index >= 15 is 0 Å². The number of nitrogens with one attached hydrogen (secondary N) is 1. The van der Waals surface area contributed by atoms with Gasteiger partial charge in [-0.1, -0.05) is 0 Å². The van der Waals surface area contributed by atoms with Crippen LogP contribution in [0.3, 0.4) is 0 Å². The zero-order valence-corrected chi connectivity index (χ0v) is 15.1. The van der Waals surface area contributed by atoms with E-state index in [0.717, 1.165) is 60.1 Å². The van der Waals surface area contributed by atoms with Gasteiger partial charge in [-0.2, -0.15) is 10.2 Å². The molecule has 0 spiro atoms. The molecule has 0 unspecified atom stereocenters. The van der Waals surface area contributed by atoms with Crippen molar-refractivity contribution in [1.29, 1.82) is 0 Å². The molecule has 0 bridgehead atoms. The van der Waals surface area contributed by atoms with Crippen LogP contribution in [-0.2, 0) is 13.1 Å². The van der Waals surface area contributed by atoms with Gasteiger partial charge < -0.3 is 5.32 Å². The zero-order chi connectivity index (χ0) is 17.3. The SMILES string of the molecule is CCn1nc(C)c2nc(C)nc(NCCCn3nc(C)cc3C)c21. The van der Waals surface area contributed by atoms with Crippen molar-refractivity contribution in [2.24, 2.45) is 0 Å². The first kappa shape index (κ1) is 16.4. The lowest BCUT2D eigenvalue weighted by Gasteiger charge is -2.10. The molecule has 1 N–H and O–H groups in total. The van der Waals surface area contributed by atoms with Gasteiger partial charge in [0.15, 0.2) is 5.82 Å². The lowest BCUT2D eigenvalue weighted by atomic mass is 10.3. The highest BCUT2D eigenvalue weighted by Crippen LogP contribution is 2.23. The van der Waals surface area contributed by atoms with Crippen molar-refractivity contribution in [3.8, 4) is 0 Å². The van der Waals surface area contributed by atoms with Crippen molar-refractivity contribution in [2.45, 2.75) is 54.1 Å². The third-order valence-electron chi connectivity index (χ3n) is 4.11. The minimum Gasteiger partial charge on any atom is -0.368 e. The molecule has 128 valence electrons. The van der Waals surface area contributed by atoms with Crippen LogP contribution in [0.2, 0.25) is 0 Å². The maximum absolute atomic E-state index is 4.58. The van der Waals surface area contributed by atoms with Gasteiger partial charge in [0.05, 0.1) is 11.4 Å². The standard InChI is InChI=1S/C17H25N7/c1-6-23-16-15(13(4)22-23)19-14(5)20-17(16)18-8-7-9-24-12(3)10-11(2)21-24/h10H,6-9H2,1-5H3,(H,18,19,20). The van der Waals surface area contributed by atoms with Gasteiger partial charge in [-0.25, -0.2) is 9.97 Å². The number of anilines is 1. The van der Waals surface area contributed by atoms with Crippen molar-refractivity contribution in [1.82, 2.24) is 29.5 Å². The van der Waals surface area contributed by atoms with E-state index in [0.29, 0.717) is 0 Å². The molecule has 0 aromatic carbocycles. The Labute approximate surface area is 142 Å². The Morgan fingerprint density at radius 3 is 2.50 bits per heavy atom. The topological polar surface area (TPSA) is 73.5 Å². The normalized spacial score (nSPS) is 11.4. The summed E-state index contributed by atoms with van der Waals surface area (Å²) in [6.07, 6.45) is 0.978. The van der Waals surface area contributed by atoms with Crippen LogP contribution >= 0.6 is 0 Å². The molecule has 3 aromatic rings. The molecule has 24 heavy (non-hydrogen) atoms. The van der Waals surface area contributed by atoms with E-state index in [1.807, 2.05) is 25.5 Å². The molecule has 0 saturated heterocycles. The number of hydrogen-bond acceptors (Lipinski definition) is 5. The maximum Gasteiger partial charge on any atom is 0.156 e. The Hall–Kier alpha value is -2.44. The van der Waals surface area contributed by atoms with E-state index < -0.39 is 0 Å². The molecular weight excluding hydrogens is 302 g/mol. The van der Waals surface area contributed by atoms with E-state index in [4.69, 9.17) is 0 Å². The molecule has 3 heterocycles. The van der Waals surface area contributed by atoms with E-state index in [1.54, 1.807) is 0 Å². The Bertz CT molecular complexity index is 860. The molecule has 3 rings (SSSR count). The molecule has 0 aliphatic rings. The summed E-state index contributed by atoms with van der Waals surface area (Å²) in [5.41, 5.74) is 5.14. The van der Waals surface area contributed by atoms with Gasteiger partial charge in [0.2, 0.25) is 0 Å². The fourth-order valence-electron chi connectivity index (χ4n) is 3.03. The number of nitrogens with zero attached hydrogens (tertiary/aromatic N) is 6. The Morgan fingerprint density at radius 1 is 1.04 bits per heavy atom. The van der Waals surface area contributed by atoms with E-state index in [2.05, 4.69) is 50.1 Å². The van der Waals surface area contributed by atoms with Crippen LogP contribution in [0.25, 0.3) is 11.0 Å². The maximum atomic E-state index is 4.58. The molecule has 7 nitrogen and oxygen atoms in total. The highest BCUT2D eigenvalue weighted by molar-refractivity contribution is 5.87. The molecule has 0 aliphatic heterocycles. The van der Waals surface area contributed by atoms with Gasteiger partial charge in [-0.15, -0.1) is 0 Å². The fraction of sp³-hybridized carbons (Fsp3) is 0.529. The third-order valence-corrected chi connectivity index (χ3v) is 4.11. The van der Waals surface area contributed by atoms with Crippen LogP contribution in [0.5, 0.6) is 0 Å². The van der Waals surface area contributed by atoms with E-state index in [1.165, 1.54) is 5.69 Å². The van der Waals surface area contributed by atoms with Gasteiger partial charge in [-0.3, -0.25) is 9.36 Å². The van der Waals surface area contributed by atoms with Crippen molar-refractivity contribution in [3.05, 3.63) is 29.0 Å². The predicted molar refractivity (Wildman–Crippen MR) is 95.3 cm³/mol. The summed E-state index contributed by atoms with van der Waals surface area (Å²) >= 11 is 0. The summed E-state index contributed by atoms with van der Waals surface area (Å²) in [7, 11) is 0. The second kappa shape index (κ2) is 6.59. The van der Waals surface area contributed by atoms with Crippen molar-refractivity contribution in [2.75, 3.05) is 11.9 Å². The second-order valence-electron chi connectivity index (χ2n) is 6.15. The highest BCUT2D eigenvalue weighted by atomic mass is 15.3. The van der Waals surface area contributed by atoms with Gasteiger partial charge in [0.1, 0.15) is 16.9 Å². The molecule has 0 radical (unpaired) electrons. The highest BCUT2D eigenvalue weighted by Gasteiger charge is 2.14. The van der Waals surface area contributed by atoms with Gasteiger partial charge in [0.25, 0.3) is 0 Å². The summed E-state index contributed by atoms with van der Waals surface area (Å²) < 4.78 is 4.02. The van der Waals surface area contributed by atoms with Crippen LogP contribution in [0.15, 0.2) is 6.07 Å². The number of fused-ring (bicyclic) bond motifs is 1. The summed E-state index contributed by atoms with van der Waals surface area (Å²) in [5, 5.41) is 12.5. The molecule has 3 aromatic heterocycles. The van der Waals surface area contributed by atoms with Crippen LogP contribution in [0.4, 0.5) is 5.82 Å². The minimum absolute atomic E-state index is 0.766.